The molecule has 8 nitrogen and oxygen atoms in total. The third-order valence-electron chi connectivity index (χ3n) is 15.1. The van der Waals surface area contributed by atoms with Crippen LogP contribution in [-0.4, -0.2) is 53.0 Å². The van der Waals surface area contributed by atoms with Gasteiger partial charge in [0, 0.05) is 50.7 Å². The Morgan fingerprint density at radius 2 is 1.32 bits per heavy atom. The molecule has 1 aromatic heterocycles. The van der Waals surface area contributed by atoms with Crippen molar-refractivity contribution in [1.29, 1.82) is 0 Å². The second kappa shape index (κ2) is 26.2. The van der Waals surface area contributed by atoms with Crippen molar-refractivity contribution in [3.8, 4) is 0 Å². The molecule has 13 heteroatoms. The molecule has 3 aromatic carbocycles. The number of allylic oxidation sites excluding steroid dienone is 1. The zero-order chi connectivity index (χ0) is 50.5. The predicted octanol–water partition coefficient (Wildman–Crippen LogP) is 16.6. The minimum absolute atomic E-state index is 0.0646. The van der Waals surface area contributed by atoms with E-state index < -0.39 is 32.9 Å². The van der Waals surface area contributed by atoms with E-state index >= 15 is 0 Å². The van der Waals surface area contributed by atoms with Crippen LogP contribution in [0.3, 0.4) is 0 Å². The van der Waals surface area contributed by atoms with Crippen molar-refractivity contribution >= 4 is 78.1 Å². The van der Waals surface area contributed by atoms with Gasteiger partial charge in [0.25, 0.3) is 10.1 Å². The second-order valence-corrected chi connectivity index (χ2v) is 35.7. The van der Waals surface area contributed by atoms with Gasteiger partial charge in [0.05, 0.1) is 48.7 Å². The van der Waals surface area contributed by atoms with Crippen molar-refractivity contribution in [1.82, 2.24) is 9.55 Å². The van der Waals surface area contributed by atoms with Gasteiger partial charge in [-0.15, -0.1) is 0 Å². The SMILES string of the molecule is C1=CN=CC1.CC(C)(C)[Si](C)(C)O[C@H](C[C@@H](c1ccccc1I)n1ccnc1)C1CCCCC1.Cc1ccc(S(=O)(=O)O[C@H](C[C@@H](O[Si](C)(C)C(C)(C)C)C2C[CH+]CCC2)c2ccccc2I)cc1. The molecule has 2 aliphatic carbocycles. The lowest BCUT2D eigenvalue weighted by atomic mass is 9.82. The van der Waals surface area contributed by atoms with Crippen LogP contribution in [0.25, 0.3) is 0 Å². The van der Waals surface area contributed by atoms with E-state index in [-0.39, 0.29) is 27.1 Å². The number of aryl methyl sites for hydroxylation is 1. The fourth-order valence-electron chi connectivity index (χ4n) is 8.81. The molecule has 2 saturated carbocycles. The summed E-state index contributed by atoms with van der Waals surface area (Å²) in [4.78, 5) is 8.33. The summed E-state index contributed by atoms with van der Waals surface area (Å²) in [5, 5.41) is 0.292. The van der Waals surface area contributed by atoms with Crippen LogP contribution >= 0.6 is 45.2 Å². The van der Waals surface area contributed by atoms with E-state index in [9.17, 15) is 8.42 Å². The van der Waals surface area contributed by atoms with Gasteiger partial charge < -0.3 is 13.4 Å². The first kappa shape index (κ1) is 57.8. The fraction of sp³-hybridized carbons (Fsp3) is 0.554. The Morgan fingerprint density at radius 1 is 0.754 bits per heavy atom. The molecule has 7 rings (SSSR count). The highest BCUT2D eigenvalue weighted by Gasteiger charge is 2.44. The van der Waals surface area contributed by atoms with Crippen molar-refractivity contribution in [2.75, 3.05) is 0 Å². The summed E-state index contributed by atoms with van der Waals surface area (Å²) in [6.07, 6.45) is 27.3. The Labute approximate surface area is 447 Å². The van der Waals surface area contributed by atoms with Crippen molar-refractivity contribution < 1.29 is 21.5 Å². The Balaban J connectivity index is 0.000000236. The summed E-state index contributed by atoms with van der Waals surface area (Å²) in [5.74, 6) is 1.04. The lowest BCUT2D eigenvalue weighted by Gasteiger charge is -2.43. The van der Waals surface area contributed by atoms with Gasteiger partial charge in [0.2, 0.25) is 0 Å². The molecule has 0 radical (unpaired) electrons. The average molecular weight is 1220 g/mol. The summed E-state index contributed by atoms with van der Waals surface area (Å²) in [6.45, 7) is 25.1. The van der Waals surface area contributed by atoms with Crippen LogP contribution in [0.15, 0.2) is 114 Å². The maximum atomic E-state index is 13.4. The number of nitrogens with zero attached hydrogens (tertiary/aromatic N) is 3. The molecule has 1 unspecified atom stereocenters. The highest BCUT2D eigenvalue weighted by Crippen LogP contribution is 2.45. The van der Waals surface area contributed by atoms with E-state index in [4.69, 9.17) is 13.0 Å². The third-order valence-corrected chi connectivity index (χ3v) is 27.4. The molecule has 378 valence electrons. The molecule has 69 heavy (non-hydrogen) atoms. The molecule has 2 fully saturated rings. The molecule has 5 atom stereocenters. The van der Waals surface area contributed by atoms with E-state index in [1.54, 1.807) is 30.5 Å². The highest BCUT2D eigenvalue weighted by atomic mass is 127. The molecule has 0 saturated heterocycles. The normalized spacial score (nSPS) is 18.8. The number of rotatable bonds is 16. The van der Waals surface area contributed by atoms with Gasteiger partial charge in [-0.2, -0.15) is 8.42 Å². The van der Waals surface area contributed by atoms with Crippen LogP contribution in [0.1, 0.15) is 147 Å². The number of hydrogen-bond acceptors (Lipinski definition) is 7. The Hall–Kier alpha value is -2.13. The fourth-order valence-corrected chi connectivity index (χ4v) is 14.2. The minimum Gasteiger partial charge on any atom is -0.414 e. The van der Waals surface area contributed by atoms with Crippen LogP contribution in [0.2, 0.25) is 36.3 Å². The maximum absolute atomic E-state index is 13.4. The van der Waals surface area contributed by atoms with Crippen LogP contribution in [0, 0.1) is 32.3 Å². The van der Waals surface area contributed by atoms with Gasteiger partial charge in [0.15, 0.2) is 16.6 Å². The number of aliphatic imine (C=N–C) groups is 1. The molecule has 0 bridgehead atoms. The molecule has 0 amide bonds. The van der Waals surface area contributed by atoms with Crippen LogP contribution in [0.4, 0.5) is 0 Å². The monoisotopic (exact) mass is 1220 g/mol. The first-order chi connectivity index (χ1) is 32.5. The molecule has 2 heterocycles. The topological polar surface area (TPSA) is 92.0 Å². The molecule has 4 aromatic rings. The zero-order valence-electron chi connectivity index (χ0n) is 43.5. The average Bonchev–Trinajstić information content (AvgIpc) is 4.07. The molecule has 1 aliphatic heterocycles. The molecular weight excluding hydrogens is 1140 g/mol. The maximum Gasteiger partial charge on any atom is 0.297 e. The van der Waals surface area contributed by atoms with Gasteiger partial charge in [0.1, 0.15) is 6.10 Å². The van der Waals surface area contributed by atoms with Gasteiger partial charge in [-0.05, 0) is 162 Å². The van der Waals surface area contributed by atoms with Crippen LogP contribution in [-0.2, 0) is 23.2 Å². The number of benzene rings is 3. The Bertz CT molecular complexity index is 2320. The Morgan fingerprint density at radius 3 is 1.80 bits per heavy atom. The quantitative estimate of drug-likeness (QED) is 0.0480. The third kappa shape index (κ3) is 17.2. The van der Waals surface area contributed by atoms with E-state index in [0.29, 0.717) is 24.4 Å². The van der Waals surface area contributed by atoms with Crippen molar-refractivity contribution in [3.63, 3.8) is 0 Å². The van der Waals surface area contributed by atoms with Gasteiger partial charge in [-0.3, -0.25) is 9.18 Å². The number of imidazole rings is 1. The van der Waals surface area contributed by atoms with E-state index in [2.05, 4.69) is 164 Å². The van der Waals surface area contributed by atoms with Crippen molar-refractivity contribution in [2.45, 2.75) is 191 Å². The number of hydrogen-bond donors (Lipinski definition) is 0. The minimum atomic E-state index is -3.94. The first-order valence-electron chi connectivity index (χ1n) is 25.3. The molecule has 3 aliphatic rings. The molecule has 0 N–H and O–H groups in total. The smallest absolute Gasteiger partial charge is 0.297 e. The van der Waals surface area contributed by atoms with Crippen molar-refractivity contribution in [3.05, 3.63) is 134 Å². The number of aromatic nitrogens is 2. The summed E-state index contributed by atoms with van der Waals surface area (Å²) < 4.78 is 51.5. The summed E-state index contributed by atoms with van der Waals surface area (Å²) in [7, 11) is -7.87. The molecule has 0 spiro atoms. The van der Waals surface area contributed by atoms with E-state index in [1.807, 2.05) is 56.0 Å². The first-order valence-corrected chi connectivity index (χ1v) is 34.7. The summed E-state index contributed by atoms with van der Waals surface area (Å²) in [5.41, 5.74) is 3.28. The lowest BCUT2D eigenvalue weighted by molar-refractivity contribution is 0.0540. The van der Waals surface area contributed by atoms with Crippen LogP contribution in [0.5, 0.6) is 0 Å². The van der Waals surface area contributed by atoms with E-state index in [0.717, 1.165) is 53.2 Å². The lowest BCUT2D eigenvalue weighted by Crippen LogP contribution is -2.46. The second-order valence-electron chi connectivity index (χ2n) is 22.3. The van der Waals surface area contributed by atoms with Gasteiger partial charge in [-0.25, -0.2) is 4.98 Å². The largest absolute Gasteiger partial charge is 0.414 e. The standard InChI is InChI=1S/C28H40IO4SSi.C24H37IN2OSi.C4H5N/c1-21-16-18-23(19-17-21)34(30,31)32-27(24-14-10-11-15-25(24)29)20-26(22-12-8-7-9-13-22)33-35(5,6)28(2,3)4;1-24(2,3)29(4,5)28-23(19-11-7-6-8-12-19)17-22(27-16-15-26-18-27)20-13-9-10-14-21(20)25;1-2-4-5-3-1/h8,10-11,14-19,22,26-27H,7,9,12-13,20H2,1-6H3;9-10,13-16,18-19,22-23H,6-8,11-12,17H2,1-5H3;1,3-4H,2H2/q+1;;/t22?,26-,27-;22-,23+;/m10./s1. The predicted molar refractivity (Wildman–Crippen MR) is 309 cm³/mol. The van der Waals surface area contributed by atoms with Crippen molar-refractivity contribution in [2.24, 2.45) is 16.8 Å². The Kier molecular flexibility index (Phi) is 21.9. The van der Waals surface area contributed by atoms with E-state index in [1.165, 1.54) is 41.2 Å². The van der Waals surface area contributed by atoms with Gasteiger partial charge >= 0.3 is 0 Å². The highest BCUT2D eigenvalue weighted by molar-refractivity contribution is 14.1. The zero-order valence-corrected chi connectivity index (χ0v) is 50.6. The van der Waals surface area contributed by atoms with Gasteiger partial charge in [-0.1, -0.05) is 121 Å². The summed E-state index contributed by atoms with van der Waals surface area (Å²) in [6, 6.07) is 23.8. The van der Waals surface area contributed by atoms with Crippen LogP contribution < -0.4 is 0 Å². The number of halogens is 2. The molecular formula is C56H82I2N3O5SSi2+. The summed E-state index contributed by atoms with van der Waals surface area (Å²) >= 11 is 4.75.